The van der Waals surface area contributed by atoms with Gasteiger partial charge in [0.05, 0.1) is 41.8 Å². The zero-order valence-electron chi connectivity index (χ0n) is 33.7. The summed E-state index contributed by atoms with van der Waals surface area (Å²) in [7, 11) is -2.14. The average Bonchev–Trinajstić information content (AvgIpc) is 3.94. The van der Waals surface area contributed by atoms with Gasteiger partial charge in [-0.15, -0.1) is 0 Å². The Bertz CT molecular complexity index is 1320. The molecule has 0 amide bonds. The average molecular weight is 762 g/mol. The highest BCUT2D eigenvalue weighted by Gasteiger charge is 2.33. The molecule has 0 spiro atoms. The third kappa shape index (κ3) is 24.0. The van der Waals surface area contributed by atoms with Crippen molar-refractivity contribution < 1.29 is 56.8 Å². The third-order valence-corrected chi connectivity index (χ3v) is 9.92. The van der Waals surface area contributed by atoms with Crippen LogP contribution in [0.4, 0.5) is 0 Å². The highest BCUT2D eigenvalue weighted by molar-refractivity contribution is 7.89. The number of carbonyl (C=O) groups is 5. The van der Waals surface area contributed by atoms with Crippen molar-refractivity contribution in [2.45, 2.75) is 139 Å². The van der Waals surface area contributed by atoms with Gasteiger partial charge in [-0.25, -0.2) is 13.6 Å². The molecule has 1 heterocycles. The summed E-state index contributed by atoms with van der Waals surface area (Å²) in [5.74, 6) is -1.31. The number of Topliss-reactive ketones (excluding diaryl/α,β-unsaturated/α-hetero) is 1. The van der Waals surface area contributed by atoms with Crippen molar-refractivity contribution in [1.82, 2.24) is 0 Å². The predicted octanol–water partition coefficient (Wildman–Crippen LogP) is 7.00. The van der Waals surface area contributed by atoms with E-state index in [0.29, 0.717) is 24.7 Å². The van der Waals surface area contributed by atoms with Gasteiger partial charge in [0.15, 0.2) is 0 Å². The van der Waals surface area contributed by atoms with Crippen molar-refractivity contribution in [1.29, 1.82) is 0 Å². The number of ether oxygens (including phenoxy) is 3. The summed E-state index contributed by atoms with van der Waals surface area (Å²) in [6.45, 7) is 23.6. The fourth-order valence-corrected chi connectivity index (χ4v) is 3.75. The van der Waals surface area contributed by atoms with Crippen LogP contribution in [-0.2, 0) is 48.2 Å². The lowest BCUT2D eigenvalue weighted by Gasteiger charge is -2.19. The van der Waals surface area contributed by atoms with E-state index >= 15 is 0 Å². The van der Waals surface area contributed by atoms with E-state index in [-0.39, 0.29) is 46.6 Å². The molecule has 5 atom stereocenters. The molecule has 302 valence electrons. The lowest BCUT2D eigenvalue weighted by Crippen LogP contribution is -2.29. The number of esters is 2. The molecule has 1 aromatic rings. The lowest BCUT2D eigenvalue weighted by molar-refractivity contribution is -0.154. The molecule has 0 radical (unpaired) electrons. The van der Waals surface area contributed by atoms with Gasteiger partial charge in [-0.3, -0.25) is 24.0 Å². The minimum Gasteiger partial charge on any atom is -0.481 e. The highest BCUT2D eigenvalue weighted by atomic mass is 32.2. The van der Waals surface area contributed by atoms with Crippen LogP contribution in [0, 0.1) is 22.7 Å². The summed E-state index contributed by atoms with van der Waals surface area (Å²) in [5, 5.41) is 22.0. The van der Waals surface area contributed by atoms with Crippen LogP contribution in [0.1, 0.15) is 133 Å². The first kappa shape index (κ1) is 53.0. The van der Waals surface area contributed by atoms with Gasteiger partial charge in [0.2, 0.25) is 10.0 Å². The molecule has 1 aromatic carbocycles. The number of carboxylic acids is 2. The van der Waals surface area contributed by atoms with Crippen LogP contribution >= 0.6 is 0 Å². The van der Waals surface area contributed by atoms with Crippen LogP contribution in [0.15, 0.2) is 29.2 Å². The van der Waals surface area contributed by atoms with Crippen LogP contribution in [0.2, 0.25) is 0 Å². The van der Waals surface area contributed by atoms with Crippen LogP contribution < -0.4 is 5.14 Å². The Morgan fingerprint density at radius 2 is 1.37 bits per heavy atom. The minimum atomic E-state index is -3.55. The molecular formula is C38H67NO12S. The Labute approximate surface area is 312 Å². The Morgan fingerprint density at radius 1 is 0.885 bits per heavy atom. The molecule has 4 N–H and O–H groups in total. The number of hydrogen-bond donors (Lipinski definition) is 3. The van der Waals surface area contributed by atoms with Crippen LogP contribution in [0.25, 0.3) is 0 Å². The van der Waals surface area contributed by atoms with Crippen molar-refractivity contribution in [3.63, 3.8) is 0 Å². The number of hydrogen-bond acceptors (Lipinski definition) is 10. The standard InChI is InChI=1S/C10H15NO2S.C9H16O3.C7H12O4.C6H12O2.C6H12O/c1-3-8(2)9-4-6-10(7-5-9)14(11,12)13;1-4-9(2,3)8(10)12-6-7-5-11-7;1-3-7(2,6(10)11)4-5(8)9;1-4-5(2)6(7)8-3;1-4-5(2)6(3)7/h4-8H,3H2,1-2H3,(H2,11,12,13);7H,4-6H2,1-3H3;3-4H2,1-2H3,(H,8,9)(H,10,11);5H,4H2,1-3H3;5H,4H2,1-3H3. The largest absolute Gasteiger partial charge is 0.481 e. The predicted molar refractivity (Wildman–Crippen MR) is 201 cm³/mol. The molecule has 0 bridgehead atoms. The van der Waals surface area contributed by atoms with Gasteiger partial charge in [0.25, 0.3) is 0 Å². The molecule has 1 aliphatic heterocycles. The number of carbonyl (C=O) groups excluding carboxylic acids is 3. The second kappa shape index (κ2) is 26.4. The topological polar surface area (TPSA) is 217 Å². The molecule has 1 saturated heterocycles. The zero-order chi connectivity index (χ0) is 41.5. The fourth-order valence-electron chi connectivity index (χ4n) is 3.24. The van der Waals surface area contributed by atoms with Gasteiger partial charge in [0.1, 0.15) is 18.5 Å². The number of ketones is 1. The Balaban J connectivity index is -0.000000590. The second-order valence-electron chi connectivity index (χ2n) is 13.8. The molecule has 52 heavy (non-hydrogen) atoms. The summed E-state index contributed by atoms with van der Waals surface area (Å²) in [4.78, 5) is 53.2. The number of carboxylic acid groups (broad SMARTS) is 2. The maximum Gasteiger partial charge on any atom is 0.311 e. The number of rotatable bonds is 15. The van der Waals surface area contributed by atoms with E-state index in [1.807, 2.05) is 60.6 Å². The van der Waals surface area contributed by atoms with Gasteiger partial charge < -0.3 is 24.4 Å². The summed E-state index contributed by atoms with van der Waals surface area (Å²) in [6, 6.07) is 6.73. The SMILES string of the molecule is CCC(C)(C)C(=O)OCC1CO1.CCC(C)(CC(=O)O)C(=O)O.CCC(C)C(=O)OC.CCC(C)C(C)=O.CCC(C)c1ccc(S(N)(=O)=O)cc1. The number of primary sulfonamides is 1. The maximum atomic E-state index is 11.4. The zero-order valence-corrected chi connectivity index (χ0v) is 34.6. The van der Waals surface area contributed by atoms with Crippen molar-refractivity contribution in [2.75, 3.05) is 20.3 Å². The van der Waals surface area contributed by atoms with Crippen molar-refractivity contribution >= 4 is 39.7 Å². The van der Waals surface area contributed by atoms with Gasteiger partial charge in [-0.2, -0.15) is 0 Å². The van der Waals surface area contributed by atoms with E-state index in [1.165, 1.54) is 14.0 Å². The van der Waals surface area contributed by atoms with Gasteiger partial charge in [0, 0.05) is 5.92 Å². The van der Waals surface area contributed by atoms with Gasteiger partial charge >= 0.3 is 23.9 Å². The number of epoxide rings is 1. The fraction of sp³-hybridized carbons (Fsp3) is 0.711. The molecule has 14 heteroatoms. The number of benzene rings is 1. The lowest BCUT2D eigenvalue weighted by atomic mass is 9.84. The van der Waals surface area contributed by atoms with Crippen molar-refractivity contribution in [3.8, 4) is 0 Å². The summed E-state index contributed by atoms with van der Waals surface area (Å²) < 4.78 is 36.4. The Morgan fingerprint density at radius 3 is 1.60 bits per heavy atom. The molecule has 1 aliphatic rings. The maximum absolute atomic E-state index is 11.4. The monoisotopic (exact) mass is 761 g/mol. The Kier molecular flexibility index (Phi) is 26.9. The summed E-state index contributed by atoms with van der Waals surface area (Å²) in [6.07, 6.45) is 3.84. The van der Waals surface area contributed by atoms with E-state index in [4.69, 9.17) is 24.8 Å². The van der Waals surface area contributed by atoms with Crippen molar-refractivity contribution in [2.24, 2.45) is 27.8 Å². The Hall–Kier alpha value is -3.36. The number of aliphatic carboxylic acids is 2. The van der Waals surface area contributed by atoms with E-state index in [9.17, 15) is 32.4 Å². The molecule has 1 fully saturated rings. The minimum absolute atomic E-state index is 0.0556. The van der Waals surface area contributed by atoms with Crippen LogP contribution in [0.3, 0.4) is 0 Å². The van der Waals surface area contributed by atoms with Crippen molar-refractivity contribution in [3.05, 3.63) is 29.8 Å². The van der Waals surface area contributed by atoms with E-state index in [1.54, 1.807) is 26.0 Å². The molecule has 0 aromatic heterocycles. The molecule has 2 rings (SSSR count). The quantitative estimate of drug-likeness (QED) is 0.122. The van der Waals surface area contributed by atoms with E-state index in [2.05, 4.69) is 18.6 Å². The highest BCUT2D eigenvalue weighted by Crippen LogP contribution is 2.25. The smallest absolute Gasteiger partial charge is 0.311 e. The second-order valence-corrected chi connectivity index (χ2v) is 15.3. The molecular weight excluding hydrogens is 694 g/mol. The molecule has 13 nitrogen and oxygen atoms in total. The van der Waals surface area contributed by atoms with Crippen LogP contribution in [0.5, 0.6) is 0 Å². The van der Waals surface area contributed by atoms with E-state index < -0.39 is 27.4 Å². The molecule has 0 saturated carbocycles. The van der Waals surface area contributed by atoms with Gasteiger partial charge in [-0.1, -0.05) is 67.5 Å². The number of nitrogens with two attached hydrogens (primary N) is 1. The summed E-state index contributed by atoms with van der Waals surface area (Å²) in [5.41, 5.74) is -0.333. The van der Waals surface area contributed by atoms with E-state index in [0.717, 1.165) is 37.9 Å². The third-order valence-electron chi connectivity index (χ3n) is 8.99. The molecule has 5 unspecified atom stereocenters. The summed E-state index contributed by atoms with van der Waals surface area (Å²) >= 11 is 0. The van der Waals surface area contributed by atoms with Crippen LogP contribution in [-0.4, -0.2) is 74.7 Å². The molecule has 0 aliphatic carbocycles. The van der Waals surface area contributed by atoms with Gasteiger partial charge in [-0.05, 0) is 83.4 Å². The number of methoxy groups -OCH3 is 1. The first-order valence-electron chi connectivity index (χ1n) is 17.8. The normalized spacial score (nSPS) is 15.9. The number of sulfonamides is 1. The first-order valence-corrected chi connectivity index (χ1v) is 19.3. The first-order chi connectivity index (χ1) is 23.8.